The zero-order valence-electron chi connectivity index (χ0n) is 15.4. The van der Waals surface area contributed by atoms with Crippen LogP contribution in [0, 0.1) is 5.41 Å². The summed E-state index contributed by atoms with van der Waals surface area (Å²) in [7, 11) is 0. The highest BCUT2D eigenvalue weighted by Gasteiger charge is 2.21. The lowest BCUT2D eigenvalue weighted by atomic mass is 9.95. The first kappa shape index (κ1) is 20.0. The van der Waals surface area contributed by atoms with Gasteiger partial charge in [0, 0.05) is 22.9 Å². The molecule has 0 bridgehead atoms. The van der Waals surface area contributed by atoms with Crippen molar-refractivity contribution < 1.29 is 24.2 Å². The molecule has 2 aromatic rings. The number of benzene rings is 2. The molecule has 0 aromatic heterocycles. The number of ether oxygens (including phenoxy) is 1. The van der Waals surface area contributed by atoms with Gasteiger partial charge in [0.25, 0.3) is 5.91 Å². The van der Waals surface area contributed by atoms with Crippen LogP contribution in [0.4, 0.5) is 11.4 Å². The molecular formula is C20H22N2O5. The van der Waals surface area contributed by atoms with E-state index in [9.17, 15) is 14.4 Å². The third kappa shape index (κ3) is 6.14. The molecule has 0 atom stereocenters. The summed E-state index contributed by atoms with van der Waals surface area (Å²) in [5.41, 5.74) is 0.494. The molecule has 27 heavy (non-hydrogen) atoms. The highest BCUT2D eigenvalue weighted by Crippen LogP contribution is 2.21. The highest BCUT2D eigenvalue weighted by molar-refractivity contribution is 5.95. The third-order valence-corrected chi connectivity index (χ3v) is 3.54. The summed E-state index contributed by atoms with van der Waals surface area (Å²) in [6, 6.07) is 12.7. The maximum atomic E-state index is 12.0. The van der Waals surface area contributed by atoms with E-state index in [-0.39, 0.29) is 18.1 Å². The summed E-state index contributed by atoms with van der Waals surface area (Å²) in [5.74, 6) is -1.20. The number of carboxylic acids is 1. The first-order chi connectivity index (χ1) is 12.6. The van der Waals surface area contributed by atoms with Gasteiger partial charge in [-0.3, -0.25) is 9.59 Å². The van der Waals surface area contributed by atoms with E-state index < -0.39 is 17.3 Å². The van der Waals surface area contributed by atoms with Crippen molar-refractivity contribution in [3.05, 3.63) is 54.1 Å². The van der Waals surface area contributed by atoms with Crippen LogP contribution in [0.15, 0.2) is 48.5 Å². The van der Waals surface area contributed by atoms with Gasteiger partial charge in [0.2, 0.25) is 5.91 Å². The Morgan fingerprint density at radius 3 is 2.22 bits per heavy atom. The van der Waals surface area contributed by atoms with Gasteiger partial charge in [-0.25, -0.2) is 4.79 Å². The second-order valence-electron chi connectivity index (χ2n) is 6.95. The van der Waals surface area contributed by atoms with Gasteiger partial charge in [-0.05, 0) is 30.3 Å². The van der Waals surface area contributed by atoms with Gasteiger partial charge >= 0.3 is 5.97 Å². The standard InChI is InChI=1S/C20H22N2O5/c1-20(2,3)19(26)22-15-8-5-9-16(11-15)27-12-17(23)21-14-7-4-6-13(10-14)18(24)25/h4-11H,12H2,1-3H3,(H,21,23)(H,22,26)(H,24,25). The van der Waals surface area contributed by atoms with Crippen LogP contribution in [0.5, 0.6) is 5.75 Å². The summed E-state index contributed by atoms with van der Waals surface area (Å²) >= 11 is 0. The Hall–Kier alpha value is -3.35. The van der Waals surface area contributed by atoms with Crippen molar-refractivity contribution in [2.24, 2.45) is 5.41 Å². The predicted octanol–water partition coefficient (Wildman–Crippen LogP) is 3.39. The summed E-state index contributed by atoms with van der Waals surface area (Å²) < 4.78 is 5.45. The van der Waals surface area contributed by atoms with E-state index in [0.717, 1.165) is 0 Å². The second kappa shape index (κ2) is 8.35. The molecule has 0 aliphatic heterocycles. The van der Waals surface area contributed by atoms with Crippen molar-refractivity contribution in [2.45, 2.75) is 20.8 Å². The zero-order valence-corrected chi connectivity index (χ0v) is 15.4. The molecule has 0 saturated carbocycles. The maximum Gasteiger partial charge on any atom is 0.335 e. The average Bonchev–Trinajstić information content (AvgIpc) is 2.59. The lowest BCUT2D eigenvalue weighted by molar-refractivity contribution is -0.123. The Balaban J connectivity index is 1.93. The number of amides is 2. The van der Waals surface area contributed by atoms with Gasteiger partial charge in [0.15, 0.2) is 6.61 Å². The van der Waals surface area contributed by atoms with Gasteiger partial charge in [0.05, 0.1) is 5.56 Å². The lowest BCUT2D eigenvalue weighted by Crippen LogP contribution is -2.27. The lowest BCUT2D eigenvalue weighted by Gasteiger charge is -2.18. The molecule has 0 radical (unpaired) electrons. The SMILES string of the molecule is CC(C)(C)C(=O)Nc1cccc(OCC(=O)Nc2cccc(C(=O)O)c2)c1. The van der Waals surface area contributed by atoms with E-state index in [1.807, 2.05) is 20.8 Å². The number of hydrogen-bond acceptors (Lipinski definition) is 4. The van der Waals surface area contributed by atoms with Crippen LogP contribution >= 0.6 is 0 Å². The van der Waals surface area contributed by atoms with Crippen LogP contribution < -0.4 is 15.4 Å². The fraction of sp³-hybridized carbons (Fsp3) is 0.250. The fourth-order valence-electron chi connectivity index (χ4n) is 2.06. The molecule has 0 fully saturated rings. The van der Waals surface area contributed by atoms with Crippen LogP contribution in [0.1, 0.15) is 31.1 Å². The van der Waals surface area contributed by atoms with Crippen molar-refractivity contribution in [3.8, 4) is 5.75 Å². The molecule has 0 aliphatic rings. The van der Waals surface area contributed by atoms with E-state index in [4.69, 9.17) is 9.84 Å². The van der Waals surface area contributed by atoms with Gasteiger partial charge in [-0.1, -0.05) is 32.9 Å². The third-order valence-electron chi connectivity index (χ3n) is 3.54. The minimum Gasteiger partial charge on any atom is -0.484 e. The Bertz CT molecular complexity index is 855. The average molecular weight is 370 g/mol. The molecule has 7 nitrogen and oxygen atoms in total. The Labute approximate surface area is 157 Å². The van der Waals surface area contributed by atoms with E-state index in [1.54, 1.807) is 36.4 Å². The van der Waals surface area contributed by atoms with Crippen LogP contribution in [0.25, 0.3) is 0 Å². The van der Waals surface area contributed by atoms with Crippen molar-refractivity contribution in [1.82, 2.24) is 0 Å². The predicted molar refractivity (Wildman–Crippen MR) is 102 cm³/mol. The topological polar surface area (TPSA) is 105 Å². The molecule has 0 heterocycles. The van der Waals surface area contributed by atoms with E-state index >= 15 is 0 Å². The number of anilines is 2. The zero-order chi connectivity index (χ0) is 20.0. The van der Waals surface area contributed by atoms with Crippen molar-refractivity contribution in [1.29, 1.82) is 0 Å². The number of nitrogens with one attached hydrogen (secondary N) is 2. The monoisotopic (exact) mass is 370 g/mol. The number of aromatic carboxylic acids is 1. The van der Waals surface area contributed by atoms with Crippen LogP contribution in [0.2, 0.25) is 0 Å². The van der Waals surface area contributed by atoms with Crippen LogP contribution in [-0.2, 0) is 9.59 Å². The number of hydrogen-bond donors (Lipinski definition) is 3. The molecule has 3 N–H and O–H groups in total. The Morgan fingerprint density at radius 2 is 1.59 bits per heavy atom. The molecule has 7 heteroatoms. The molecule has 0 spiro atoms. The molecular weight excluding hydrogens is 348 g/mol. The quantitative estimate of drug-likeness (QED) is 0.723. The summed E-state index contributed by atoms with van der Waals surface area (Å²) in [6.45, 7) is 5.18. The largest absolute Gasteiger partial charge is 0.484 e. The molecule has 0 aliphatic carbocycles. The number of carbonyl (C=O) groups excluding carboxylic acids is 2. The summed E-state index contributed by atoms with van der Waals surface area (Å²) in [6.07, 6.45) is 0. The molecule has 2 rings (SSSR count). The van der Waals surface area contributed by atoms with E-state index in [2.05, 4.69) is 10.6 Å². The first-order valence-corrected chi connectivity index (χ1v) is 8.33. The minimum absolute atomic E-state index is 0.0796. The smallest absolute Gasteiger partial charge is 0.335 e. The van der Waals surface area contributed by atoms with Gasteiger partial charge < -0.3 is 20.5 Å². The number of carbonyl (C=O) groups is 3. The van der Waals surface area contributed by atoms with Crippen molar-refractivity contribution >= 4 is 29.2 Å². The van der Waals surface area contributed by atoms with Gasteiger partial charge in [-0.2, -0.15) is 0 Å². The normalized spacial score (nSPS) is 10.8. The first-order valence-electron chi connectivity index (χ1n) is 8.33. The Morgan fingerprint density at radius 1 is 0.963 bits per heavy atom. The second-order valence-corrected chi connectivity index (χ2v) is 6.95. The van der Waals surface area contributed by atoms with E-state index in [1.165, 1.54) is 12.1 Å². The van der Waals surface area contributed by atoms with Gasteiger partial charge in [-0.15, -0.1) is 0 Å². The minimum atomic E-state index is -1.07. The highest BCUT2D eigenvalue weighted by atomic mass is 16.5. The summed E-state index contributed by atoms with van der Waals surface area (Å²) in [4.78, 5) is 35.0. The fourth-order valence-corrected chi connectivity index (χ4v) is 2.06. The number of carboxylic acid groups (broad SMARTS) is 1. The van der Waals surface area contributed by atoms with Crippen LogP contribution in [-0.4, -0.2) is 29.5 Å². The molecule has 2 aromatic carbocycles. The van der Waals surface area contributed by atoms with Crippen LogP contribution in [0.3, 0.4) is 0 Å². The van der Waals surface area contributed by atoms with Crippen molar-refractivity contribution in [3.63, 3.8) is 0 Å². The van der Waals surface area contributed by atoms with Gasteiger partial charge in [0.1, 0.15) is 5.75 Å². The molecule has 0 unspecified atom stereocenters. The van der Waals surface area contributed by atoms with E-state index in [0.29, 0.717) is 17.1 Å². The molecule has 142 valence electrons. The number of rotatable bonds is 6. The molecule has 2 amide bonds. The van der Waals surface area contributed by atoms with Crippen molar-refractivity contribution in [2.75, 3.05) is 17.2 Å². The summed E-state index contributed by atoms with van der Waals surface area (Å²) in [5, 5.41) is 14.3. The maximum absolute atomic E-state index is 12.0. The Kier molecular flexibility index (Phi) is 6.18. The molecule has 0 saturated heterocycles.